The maximum atomic E-state index is 11.7. The summed E-state index contributed by atoms with van der Waals surface area (Å²) in [5.41, 5.74) is 1.39. The molecule has 0 atom stereocenters. The van der Waals surface area contributed by atoms with Crippen LogP contribution in [0.4, 0.5) is 0 Å². The molecule has 0 fully saturated rings. The molecule has 1 N–H and O–H groups in total. The lowest BCUT2D eigenvalue weighted by molar-refractivity contribution is 1.21. The summed E-state index contributed by atoms with van der Waals surface area (Å²) in [6.45, 7) is 0. The fourth-order valence-corrected chi connectivity index (χ4v) is 2.98. The number of nitriles is 1. The molecule has 2 aromatic carbocycles. The maximum Gasteiger partial charge on any atom is 0.266 e. The SMILES string of the molecule is N#Cc1ccc(-c2cccc(Sc3ccccc3)c2)[nH]c1=O. The second-order valence-electron chi connectivity index (χ2n) is 4.67. The molecule has 0 saturated heterocycles. The van der Waals surface area contributed by atoms with Crippen LogP contribution in [0.1, 0.15) is 5.56 Å². The van der Waals surface area contributed by atoms with Crippen LogP contribution >= 0.6 is 11.8 Å². The highest BCUT2D eigenvalue weighted by molar-refractivity contribution is 7.99. The topological polar surface area (TPSA) is 56.6 Å². The molecule has 22 heavy (non-hydrogen) atoms. The van der Waals surface area contributed by atoms with Gasteiger partial charge in [-0.15, -0.1) is 0 Å². The standard InChI is InChI=1S/C18H12N2OS/c19-12-14-9-10-17(20-18(14)21)13-5-4-8-16(11-13)22-15-6-2-1-3-7-15/h1-11H,(H,20,21). The number of nitrogens with zero attached hydrogens (tertiary/aromatic N) is 1. The number of hydrogen-bond donors (Lipinski definition) is 1. The van der Waals surface area contributed by atoms with Crippen molar-refractivity contribution in [3.8, 4) is 17.3 Å². The van der Waals surface area contributed by atoms with Crippen LogP contribution in [0, 0.1) is 11.3 Å². The Morgan fingerprint density at radius 2 is 1.68 bits per heavy atom. The van der Waals surface area contributed by atoms with E-state index in [1.165, 1.54) is 0 Å². The number of pyridine rings is 1. The second-order valence-corrected chi connectivity index (χ2v) is 5.82. The third-order valence-electron chi connectivity index (χ3n) is 3.15. The number of aromatic nitrogens is 1. The van der Waals surface area contributed by atoms with Gasteiger partial charge in [0.1, 0.15) is 11.6 Å². The van der Waals surface area contributed by atoms with E-state index < -0.39 is 0 Å². The molecule has 106 valence electrons. The minimum absolute atomic E-state index is 0.124. The van der Waals surface area contributed by atoms with Crippen LogP contribution in [0.25, 0.3) is 11.3 Å². The van der Waals surface area contributed by atoms with Crippen LogP contribution in [0.15, 0.2) is 81.3 Å². The predicted octanol–water partition coefficient (Wildman–Crippen LogP) is 4.06. The van der Waals surface area contributed by atoms with Gasteiger partial charge in [-0.25, -0.2) is 0 Å². The summed E-state index contributed by atoms with van der Waals surface area (Å²) >= 11 is 1.66. The van der Waals surface area contributed by atoms with Crippen molar-refractivity contribution >= 4 is 11.8 Å². The summed E-state index contributed by atoms with van der Waals surface area (Å²) in [5.74, 6) is 0. The van der Waals surface area contributed by atoms with Crippen LogP contribution in [-0.4, -0.2) is 4.98 Å². The molecule has 3 aromatic rings. The lowest BCUT2D eigenvalue weighted by atomic mass is 10.1. The summed E-state index contributed by atoms with van der Waals surface area (Å²) in [4.78, 5) is 16.7. The quantitative estimate of drug-likeness (QED) is 0.793. The van der Waals surface area contributed by atoms with Crippen molar-refractivity contribution in [2.45, 2.75) is 9.79 Å². The largest absolute Gasteiger partial charge is 0.321 e. The number of hydrogen-bond acceptors (Lipinski definition) is 3. The fraction of sp³-hybridized carbons (Fsp3) is 0. The summed E-state index contributed by atoms with van der Waals surface area (Å²) < 4.78 is 0. The molecular weight excluding hydrogens is 292 g/mol. The predicted molar refractivity (Wildman–Crippen MR) is 87.8 cm³/mol. The van der Waals surface area contributed by atoms with Gasteiger partial charge in [-0.3, -0.25) is 4.79 Å². The van der Waals surface area contributed by atoms with Crippen molar-refractivity contribution in [1.82, 2.24) is 4.98 Å². The first kappa shape index (κ1) is 14.2. The van der Waals surface area contributed by atoms with E-state index in [9.17, 15) is 4.79 Å². The molecule has 0 radical (unpaired) electrons. The van der Waals surface area contributed by atoms with Crippen molar-refractivity contribution in [1.29, 1.82) is 5.26 Å². The zero-order valence-corrected chi connectivity index (χ0v) is 12.4. The van der Waals surface area contributed by atoms with E-state index in [0.717, 1.165) is 15.4 Å². The van der Waals surface area contributed by atoms with Gasteiger partial charge >= 0.3 is 0 Å². The van der Waals surface area contributed by atoms with E-state index in [2.05, 4.69) is 17.1 Å². The van der Waals surface area contributed by atoms with Crippen LogP contribution in [0.5, 0.6) is 0 Å². The molecule has 0 saturated carbocycles. The van der Waals surface area contributed by atoms with Crippen LogP contribution in [0.2, 0.25) is 0 Å². The highest BCUT2D eigenvalue weighted by atomic mass is 32.2. The first-order valence-electron chi connectivity index (χ1n) is 6.73. The first-order chi connectivity index (χ1) is 10.8. The van der Waals surface area contributed by atoms with Gasteiger partial charge in [-0.05, 0) is 42.0 Å². The highest BCUT2D eigenvalue weighted by Crippen LogP contribution is 2.30. The Bertz CT molecular complexity index is 895. The minimum atomic E-state index is -0.360. The van der Waals surface area contributed by atoms with Crippen molar-refractivity contribution in [2.24, 2.45) is 0 Å². The Kier molecular flexibility index (Phi) is 4.08. The van der Waals surface area contributed by atoms with E-state index in [1.807, 2.05) is 48.5 Å². The van der Waals surface area contributed by atoms with Gasteiger partial charge in [0.2, 0.25) is 0 Å². The molecule has 0 aliphatic heterocycles. The molecule has 0 bridgehead atoms. The molecule has 0 unspecified atom stereocenters. The smallest absolute Gasteiger partial charge is 0.266 e. The van der Waals surface area contributed by atoms with E-state index >= 15 is 0 Å². The molecule has 4 heteroatoms. The Hall–Kier alpha value is -2.77. The molecule has 0 amide bonds. The normalized spacial score (nSPS) is 10.1. The van der Waals surface area contributed by atoms with Gasteiger partial charge < -0.3 is 4.98 Å². The zero-order chi connectivity index (χ0) is 15.4. The Morgan fingerprint density at radius 1 is 0.909 bits per heavy atom. The van der Waals surface area contributed by atoms with Gasteiger partial charge in [0.25, 0.3) is 5.56 Å². The lowest BCUT2D eigenvalue weighted by Gasteiger charge is -2.05. The zero-order valence-electron chi connectivity index (χ0n) is 11.6. The average molecular weight is 304 g/mol. The summed E-state index contributed by atoms with van der Waals surface area (Å²) in [5, 5.41) is 8.81. The highest BCUT2D eigenvalue weighted by Gasteiger charge is 2.04. The maximum absolute atomic E-state index is 11.7. The van der Waals surface area contributed by atoms with Gasteiger partial charge in [-0.1, -0.05) is 42.1 Å². The van der Waals surface area contributed by atoms with E-state index in [-0.39, 0.29) is 11.1 Å². The molecule has 3 nitrogen and oxygen atoms in total. The molecule has 0 spiro atoms. The Balaban J connectivity index is 1.93. The van der Waals surface area contributed by atoms with Crippen molar-refractivity contribution in [2.75, 3.05) is 0 Å². The van der Waals surface area contributed by atoms with Gasteiger partial charge in [0, 0.05) is 15.5 Å². The summed E-state index contributed by atoms with van der Waals surface area (Å²) in [6.07, 6.45) is 0. The third-order valence-corrected chi connectivity index (χ3v) is 4.15. The van der Waals surface area contributed by atoms with Crippen LogP contribution in [-0.2, 0) is 0 Å². The van der Waals surface area contributed by atoms with Gasteiger partial charge in [0.05, 0.1) is 0 Å². The number of nitrogens with one attached hydrogen (secondary N) is 1. The second kappa shape index (κ2) is 6.33. The Labute approximate surface area is 132 Å². The van der Waals surface area contributed by atoms with Crippen molar-refractivity contribution in [3.63, 3.8) is 0 Å². The molecule has 0 aliphatic rings. The molecule has 3 rings (SSSR count). The van der Waals surface area contributed by atoms with E-state index in [1.54, 1.807) is 23.9 Å². The number of rotatable bonds is 3. The molecular formula is C18H12N2OS. The average Bonchev–Trinajstić information content (AvgIpc) is 2.56. The number of H-pyrrole nitrogens is 1. The fourth-order valence-electron chi connectivity index (χ4n) is 2.08. The van der Waals surface area contributed by atoms with Crippen LogP contribution in [0.3, 0.4) is 0 Å². The molecule has 1 heterocycles. The van der Waals surface area contributed by atoms with Crippen LogP contribution < -0.4 is 5.56 Å². The lowest BCUT2D eigenvalue weighted by Crippen LogP contribution is -2.10. The summed E-state index contributed by atoms with van der Waals surface area (Å²) in [6, 6.07) is 23.2. The number of aromatic amines is 1. The van der Waals surface area contributed by atoms with Gasteiger partial charge in [0.15, 0.2) is 0 Å². The van der Waals surface area contributed by atoms with E-state index in [0.29, 0.717) is 5.69 Å². The Morgan fingerprint density at radius 3 is 2.41 bits per heavy atom. The minimum Gasteiger partial charge on any atom is -0.321 e. The first-order valence-corrected chi connectivity index (χ1v) is 7.55. The van der Waals surface area contributed by atoms with Crippen molar-refractivity contribution < 1.29 is 0 Å². The monoisotopic (exact) mass is 304 g/mol. The van der Waals surface area contributed by atoms with Gasteiger partial charge in [-0.2, -0.15) is 5.26 Å². The third kappa shape index (κ3) is 3.11. The van der Waals surface area contributed by atoms with E-state index in [4.69, 9.17) is 5.26 Å². The summed E-state index contributed by atoms with van der Waals surface area (Å²) in [7, 11) is 0. The van der Waals surface area contributed by atoms with Crippen molar-refractivity contribution in [3.05, 3.63) is 82.6 Å². The molecule has 0 aliphatic carbocycles. The molecule has 1 aromatic heterocycles. The number of benzene rings is 2.